The van der Waals surface area contributed by atoms with Gasteiger partial charge in [-0.1, -0.05) is 35.3 Å². The first-order valence-electron chi connectivity index (χ1n) is 8.95. The summed E-state index contributed by atoms with van der Waals surface area (Å²) in [4.78, 5) is 12.6. The molecule has 0 spiro atoms. The molecular weight excluding hydrogens is 381 g/mol. The van der Waals surface area contributed by atoms with Gasteiger partial charge in [0.05, 0.1) is 23.0 Å². The first-order valence-corrected chi connectivity index (χ1v) is 9.70. The van der Waals surface area contributed by atoms with Crippen molar-refractivity contribution in [2.24, 2.45) is 0 Å². The predicted molar refractivity (Wildman–Crippen MR) is 108 cm³/mol. The Morgan fingerprint density at radius 1 is 1.19 bits per heavy atom. The highest BCUT2D eigenvalue weighted by atomic mass is 35.5. The number of hydrogen-bond donors (Lipinski definition) is 1. The fourth-order valence-electron chi connectivity index (χ4n) is 3.61. The van der Waals surface area contributed by atoms with E-state index in [-0.39, 0.29) is 12.5 Å². The molecule has 4 rings (SSSR count). The fraction of sp³-hybridized carbons (Fsp3) is 0.238. The number of nitrogens with zero attached hydrogens (tertiary/aromatic N) is 2. The Bertz CT molecular complexity index is 1030. The van der Waals surface area contributed by atoms with Crippen molar-refractivity contribution in [2.45, 2.75) is 32.9 Å². The number of carbonyl (C=O) groups is 1. The van der Waals surface area contributed by atoms with Crippen molar-refractivity contribution in [3.63, 3.8) is 0 Å². The van der Waals surface area contributed by atoms with Crippen LogP contribution in [0.1, 0.15) is 17.8 Å². The summed E-state index contributed by atoms with van der Waals surface area (Å²) in [5, 5.41) is 4.05. The number of anilines is 1. The molecular formula is C21H20Cl2N3O+. The molecule has 1 aromatic heterocycles. The maximum Gasteiger partial charge on any atom is 0.266 e. The number of hydrogen-bond acceptors (Lipinski definition) is 1. The van der Waals surface area contributed by atoms with Gasteiger partial charge in [0.25, 0.3) is 11.7 Å². The molecule has 0 bridgehead atoms. The van der Waals surface area contributed by atoms with Gasteiger partial charge in [-0.25, -0.2) is 9.13 Å². The van der Waals surface area contributed by atoms with Crippen LogP contribution in [-0.2, 0) is 24.3 Å². The molecule has 0 saturated carbocycles. The van der Waals surface area contributed by atoms with Gasteiger partial charge in [0.15, 0.2) is 12.2 Å². The van der Waals surface area contributed by atoms with Crippen molar-refractivity contribution < 1.29 is 9.36 Å². The highest BCUT2D eigenvalue weighted by molar-refractivity contribution is 6.42. The van der Waals surface area contributed by atoms with Gasteiger partial charge in [-0.3, -0.25) is 4.79 Å². The summed E-state index contributed by atoms with van der Waals surface area (Å²) < 4.78 is 4.30. The smallest absolute Gasteiger partial charge is 0.266 e. The fourth-order valence-corrected chi connectivity index (χ4v) is 3.91. The zero-order valence-corrected chi connectivity index (χ0v) is 16.5. The van der Waals surface area contributed by atoms with Crippen LogP contribution >= 0.6 is 23.2 Å². The van der Waals surface area contributed by atoms with Gasteiger partial charge in [0.1, 0.15) is 6.20 Å². The van der Waals surface area contributed by atoms with Crippen molar-refractivity contribution >= 4 is 34.8 Å². The lowest BCUT2D eigenvalue weighted by Crippen LogP contribution is -2.42. The van der Waals surface area contributed by atoms with Crippen LogP contribution in [0.4, 0.5) is 5.69 Å². The minimum absolute atomic E-state index is 0.0356. The number of aryl methyl sites for hydroxylation is 1. The van der Waals surface area contributed by atoms with Crippen LogP contribution in [0.2, 0.25) is 10.0 Å². The molecule has 1 N–H and O–H groups in total. The summed E-state index contributed by atoms with van der Waals surface area (Å²) in [5.41, 5.74) is 4.00. The number of amides is 1. The summed E-state index contributed by atoms with van der Waals surface area (Å²) in [5.74, 6) is 1.13. The van der Waals surface area contributed by atoms with E-state index in [1.54, 1.807) is 0 Å². The van der Waals surface area contributed by atoms with Gasteiger partial charge in [-0.15, -0.1) is 0 Å². The number of halogens is 2. The molecule has 2 aromatic carbocycles. The van der Waals surface area contributed by atoms with Crippen molar-refractivity contribution in [3.8, 4) is 11.3 Å². The van der Waals surface area contributed by atoms with Crippen LogP contribution in [0.25, 0.3) is 11.3 Å². The molecule has 4 nitrogen and oxygen atoms in total. The summed E-state index contributed by atoms with van der Waals surface area (Å²) >= 11 is 12.2. The van der Waals surface area contributed by atoms with Gasteiger partial charge in [0, 0.05) is 11.3 Å². The standard InChI is InChI=1S/C21H19Cl2N3O/c1-14-4-2-5-16(10-14)24-20(27)13-25-12-19(26-9-3-6-21(25)26)15-7-8-17(22)18(23)11-15/h2,4-5,7-8,10-12H,3,6,9,13H2,1H3/p+1. The topological polar surface area (TPSA) is 37.9 Å². The summed E-state index contributed by atoms with van der Waals surface area (Å²) in [6.07, 6.45) is 4.06. The zero-order chi connectivity index (χ0) is 19.0. The molecule has 0 fully saturated rings. The molecule has 6 heteroatoms. The maximum atomic E-state index is 12.6. The van der Waals surface area contributed by atoms with Crippen molar-refractivity contribution in [2.75, 3.05) is 5.32 Å². The minimum Gasteiger partial charge on any atom is -0.323 e. The lowest BCUT2D eigenvalue weighted by atomic mass is 10.1. The van der Waals surface area contributed by atoms with Crippen molar-refractivity contribution in [3.05, 3.63) is 70.1 Å². The molecule has 1 aliphatic rings. The number of carbonyl (C=O) groups excluding carboxylic acids is 1. The second-order valence-electron chi connectivity index (χ2n) is 6.86. The highest BCUT2D eigenvalue weighted by Gasteiger charge is 2.29. The molecule has 1 aliphatic heterocycles. The average Bonchev–Trinajstić information content (AvgIpc) is 3.21. The van der Waals surface area contributed by atoms with E-state index in [4.69, 9.17) is 23.2 Å². The van der Waals surface area contributed by atoms with Gasteiger partial charge in [-0.05, 0) is 49.2 Å². The van der Waals surface area contributed by atoms with E-state index in [1.807, 2.05) is 60.2 Å². The molecule has 1 amide bonds. The number of nitrogens with one attached hydrogen (secondary N) is 1. The molecule has 138 valence electrons. The Morgan fingerprint density at radius 3 is 2.81 bits per heavy atom. The van der Waals surface area contributed by atoms with E-state index in [9.17, 15) is 4.79 Å². The van der Waals surface area contributed by atoms with Crippen LogP contribution in [0.3, 0.4) is 0 Å². The first kappa shape index (κ1) is 18.1. The van der Waals surface area contributed by atoms with E-state index in [0.29, 0.717) is 10.0 Å². The number of rotatable bonds is 4. The molecule has 0 saturated heterocycles. The van der Waals surface area contributed by atoms with Gasteiger partial charge < -0.3 is 5.32 Å². The molecule has 2 heterocycles. The Balaban J connectivity index is 1.60. The third-order valence-corrected chi connectivity index (χ3v) is 5.56. The van der Waals surface area contributed by atoms with Gasteiger partial charge in [0.2, 0.25) is 0 Å². The zero-order valence-electron chi connectivity index (χ0n) is 15.0. The van der Waals surface area contributed by atoms with E-state index < -0.39 is 0 Å². The number of aromatic nitrogens is 2. The molecule has 0 unspecified atom stereocenters. The monoisotopic (exact) mass is 400 g/mol. The van der Waals surface area contributed by atoms with Gasteiger partial charge in [-0.2, -0.15) is 0 Å². The predicted octanol–water partition coefficient (Wildman–Crippen LogP) is 4.64. The second-order valence-corrected chi connectivity index (χ2v) is 7.67. The molecule has 3 aromatic rings. The largest absolute Gasteiger partial charge is 0.323 e. The normalized spacial score (nSPS) is 12.9. The van der Waals surface area contributed by atoms with E-state index in [0.717, 1.165) is 47.7 Å². The SMILES string of the molecule is Cc1cccc(NC(=O)C[n+]2cc(-c3ccc(Cl)c(Cl)c3)n3c2CCC3)c1. The minimum atomic E-state index is -0.0356. The summed E-state index contributed by atoms with van der Waals surface area (Å²) in [6, 6.07) is 13.5. The van der Waals surface area contributed by atoms with E-state index in [2.05, 4.69) is 9.88 Å². The van der Waals surface area contributed by atoms with Gasteiger partial charge >= 0.3 is 0 Å². The maximum absolute atomic E-state index is 12.6. The quantitative estimate of drug-likeness (QED) is 0.636. The van der Waals surface area contributed by atoms with Crippen LogP contribution in [0.5, 0.6) is 0 Å². The van der Waals surface area contributed by atoms with E-state index >= 15 is 0 Å². The van der Waals surface area contributed by atoms with Crippen LogP contribution in [0, 0.1) is 6.92 Å². The average molecular weight is 401 g/mol. The van der Waals surface area contributed by atoms with Crippen molar-refractivity contribution in [1.29, 1.82) is 0 Å². The third kappa shape index (κ3) is 3.73. The summed E-state index contributed by atoms with van der Waals surface area (Å²) in [6.45, 7) is 3.23. The van der Waals surface area contributed by atoms with Crippen LogP contribution < -0.4 is 9.88 Å². The van der Waals surface area contributed by atoms with Crippen LogP contribution in [-0.4, -0.2) is 10.5 Å². The Hall–Kier alpha value is -2.30. The number of benzene rings is 2. The Kier molecular flexibility index (Phi) is 4.94. The third-order valence-electron chi connectivity index (χ3n) is 4.83. The lowest BCUT2D eigenvalue weighted by Gasteiger charge is -2.05. The molecule has 0 radical (unpaired) electrons. The first-order chi connectivity index (χ1) is 13.0. The van der Waals surface area contributed by atoms with Crippen LogP contribution in [0.15, 0.2) is 48.7 Å². The lowest BCUT2D eigenvalue weighted by molar-refractivity contribution is -0.690. The molecule has 27 heavy (non-hydrogen) atoms. The highest BCUT2D eigenvalue weighted by Crippen LogP contribution is 2.30. The molecule has 0 aliphatic carbocycles. The number of imidazole rings is 1. The summed E-state index contributed by atoms with van der Waals surface area (Å²) in [7, 11) is 0. The molecule has 0 atom stereocenters. The van der Waals surface area contributed by atoms with Crippen molar-refractivity contribution in [1.82, 2.24) is 4.57 Å². The second kappa shape index (κ2) is 7.37. The Morgan fingerprint density at radius 2 is 2.04 bits per heavy atom. The number of fused-ring (bicyclic) bond motifs is 1. The van der Waals surface area contributed by atoms with E-state index in [1.165, 1.54) is 0 Å². The Labute approximate surface area is 168 Å².